The van der Waals surface area contributed by atoms with E-state index < -0.39 is 0 Å². The van der Waals surface area contributed by atoms with E-state index in [2.05, 4.69) is 36.4 Å². The molecule has 112 valence electrons. The van der Waals surface area contributed by atoms with Crippen LogP contribution in [-0.4, -0.2) is 9.38 Å². The summed E-state index contributed by atoms with van der Waals surface area (Å²) < 4.78 is 2.11. The fourth-order valence-electron chi connectivity index (χ4n) is 3.60. The van der Waals surface area contributed by atoms with Gasteiger partial charge < -0.3 is 10.1 Å². The largest absolute Gasteiger partial charge is 0.398 e. The molecule has 0 bridgehead atoms. The van der Waals surface area contributed by atoms with Crippen LogP contribution in [0.3, 0.4) is 0 Å². The van der Waals surface area contributed by atoms with E-state index >= 15 is 0 Å². The molecule has 2 heterocycles. The molecule has 2 N–H and O–H groups in total. The molecule has 3 aromatic rings. The van der Waals surface area contributed by atoms with E-state index in [-0.39, 0.29) is 0 Å². The van der Waals surface area contributed by atoms with E-state index in [0.717, 1.165) is 28.3 Å². The first-order valence-electron chi connectivity index (χ1n) is 8.00. The molecule has 0 aliphatic heterocycles. The fourth-order valence-corrected chi connectivity index (χ4v) is 3.60. The second kappa shape index (κ2) is 4.87. The van der Waals surface area contributed by atoms with Crippen molar-refractivity contribution >= 4 is 11.3 Å². The number of fused-ring (bicyclic) bond motifs is 2. The number of hydrogen-bond donors (Lipinski definition) is 1. The molecule has 0 saturated heterocycles. The summed E-state index contributed by atoms with van der Waals surface area (Å²) in [6.07, 6.45) is 7.00. The topological polar surface area (TPSA) is 43.3 Å². The molecule has 2 aromatic heterocycles. The Balaban J connectivity index is 1.91. The van der Waals surface area contributed by atoms with Crippen LogP contribution in [0.1, 0.15) is 35.2 Å². The zero-order valence-corrected chi connectivity index (χ0v) is 13.2. The molecule has 0 fully saturated rings. The van der Waals surface area contributed by atoms with Gasteiger partial charge in [-0.25, -0.2) is 4.98 Å². The van der Waals surface area contributed by atoms with Crippen LogP contribution in [0.15, 0.2) is 30.5 Å². The summed E-state index contributed by atoms with van der Waals surface area (Å²) in [4.78, 5) is 4.88. The van der Waals surface area contributed by atoms with Crippen LogP contribution in [0, 0.1) is 13.8 Å². The molecule has 0 amide bonds. The highest BCUT2D eigenvalue weighted by Crippen LogP contribution is 2.30. The van der Waals surface area contributed by atoms with E-state index in [4.69, 9.17) is 10.7 Å². The first kappa shape index (κ1) is 13.4. The zero-order valence-electron chi connectivity index (χ0n) is 13.2. The molecule has 0 atom stereocenters. The monoisotopic (exact) mass is 291 g/mol. The van der Waals surface area contributed by atoms with Crippen molar-refractivity contribution in [2.45, 2.75) is 39.5 Å². The second-order valence-electron chi connectivity index (χ2n) is 6.39. The van der Waals surface area contributed by atoms with Crippen molar-refractivity contribution in [2.24, 2.45) is 0 Å². The van der Waals surface area contributed by atoms with E-state index in [1.54, 1.807) is 0 Å². The van der Waals surface area contributed by atoms with Crippen LogP contribution in [0.5, 0.6) is 0 Å². The molecule has 3 nitrogen and oxygen atoms in total. The molecule has 0 radical (unpaired) electrons. The number of imidazole rings is 1. The van der Waals surface area contributed by atoms with Gasteiger partial charge in [0.15, 0.2) is 0 Å². The van der Waals surface area contributed by atoms with Crippen molar-refractivity contribution in [1.29, 1.82) is 0 Å². The van der Waals surface area contributed by atoms with Gasteiger partial charge in [-0.2, -0.15) is 0 Å². The van der Waals surface area contributed by atoms with Crippen molar-refractivity contribution in [3.05, 3.63) is 52.8 Å². The number of benzene rings is 1. The SMILES string of the molecule is Cc1cc(N)cn2c(C)c(-c3ccc4c(c3)CCCC4)nc12. The molecule has 1 aromatic carbocycles. The minimum Gasteiger partial charge on any atom is -0.398 e. The molecular formula is C19H21N3. The first-order valence-corrected chi connectivity index (χ1v) is 8.00. The summed E-state index contributed by atoms with van der Waals surface area (Å²) >= 11 is 0. The Bertz CT molecular complexity index is 874. The maximum atomic E-state index is 5.98. The highest BCUT2D eigenvalue weighted by Gasteiger charge is 2.15. The Labute approximate surface area is 130 Å². The maximum Gasteiger partial charge on any atom is 0.140 e. The van der Waals surface area contributed by atoms with Gasteiger partial charge in [0.2, 0.25) is 0 Å². The third-order valence-electron chi connectivity index (χ3n) is 4.79. The molecule has 4 rings (SSSR count). The van der Waals surface area contributed by atoms with Gasteiger partial charge in [-0.05, 0) is 68.4 Å². The maximum absolute atomic E-state index is 5.98. The first-order chi connectivity index (χ1) is 10.6. The lowest BCUT2D eigenvalue weighted by Crippen LogP contribution is -2.02. The Morgan fingerprint density at radius 3 is 2.64 bits per heavy atom. The van der Waals surface area contributed by atoms with E-state index in [9.17, 15) is 0 Å². The smallest absolute Gasteiger partial charge is 0.140 e. The number of anilines is 1. The van der Waals surface area contributed by atoms with E-state index in [0.29, 0.717) is 0 Å². The lowest BCUT2D eigenvalue weighted by atomic mass is 9.90. The summed E-state index contributed by atoms with van der Waals surface area (Å²) in [6, 6.07) is 8.83. The standard InChI is InChI=1S/C19H21N3/c1-12-9-17(20)11-22-13(2)18(21-19(12)22)16-8-7-14-5-3-4-6-15(14)10-16/h7-11H,3-6,20H2,1-2H3. The molecule has 0 unspecified atom stereocenters. The van der Waals surface area contributed by atoms with Gasteiger partial charge in [-0.3, -0.25) is 0 Å². The average molecular weight is 291 g/mol. The number of rotatable bonds is 1. The highest BCUT2D eigenvalue weighted by molar-refractivity contribution is 5.70. The Kier molecular flexibility index (Phi) is 2.96. The van der Waals surface area contributed by atoms with Crippen LogP contribution in [0.25, 0.3) is 16.9 Å². The number of nitrogens with two attached hydrogens (primary N) is 1. The van der Waals surface area contributed by atoms with Gasteiger partial charge in [0, 0.05) is 23.1 Å². The molecule has 0 saturated carbocycles. The third kappa shape index (κ3) is 2.00. The number of nitrogens with zero attached hydrogens (tertiary/aromatic N) is 2. The third-order valence-corrected chi connectivity index (χ3v) is 4.79. The van der Waals surface area contributed by atoms with Crippen molar-refractivity contribution in [3.63, 3.8) is 0 Å². The normalized spacial score (nSPS) is 14.3. The molecule has 22 heavy (non-hydrogen) atoms. The van der Waals surface area contributed by atoms with Crippen molar-refractivity contribution in [2.75, 3.05) is 5.73 Å². The van der Waals surface area contributed by atoms with Gasteiger partial charge in [0.25, 0.3) is 0 Å². The summed E-state index contributed by atoms with van der Waals surface area (Å²) in [5.41, 5.74) is 15.3. The van der Waals surface area contributed by atoms with Gasteiger partial charge in [-0.1, -0.05) is 12.1 Å². The van der Waals surface area contributed by atoms with Gasteiger partial charge in [0.05, 0.1) is 5.69 Å². The van der Waals surface area contributed by atoms with Crippen LogP contribution in [-0.2, 0) is 12.8 Å². The molecule has 1 aliphatic carbocycles. The summed E-state index contributed by atoms with van der Waals surface area (Å²) in [5.74, 6) is 0. The van der Waals surface area contributed by atoms with E-state index in [1.165, 1.54) is 42.4 Å². The Hall–Kier alpha value is -2.29. The quantitative estimate of drug-likeness (QED) is 0.734. The summed E-state index contributed by atoms with van der Waals surface area (Å²) in [6.45, 7) is 4.18. The van der Waals surface area contributed by atoms with Gasteiger partial charge in [-0.15, -0.1) is 0 Å². The van der Waals surface area contributed by atoms with Crippen LogP contribution < -0.4 is 5.73 Å². The average Bonchev–Trinajstić information content (AvgIpc) is 2.84. The minimum absolute atomic E-state index is 0.780. The fraction of sp³-hybridized carbons (Fsp3) is 0.316. The predicted octanol–water partition coefficient (Wildman–Crippen LogP) is 4.08. The van der Waals surface area contributed by atoms with Crippen LogP contribution in [0.2, 0.25) is 0 Å². The van der Waals surface area contributed by atoms with Gasteiger partial charge in [0.1, 0.15) is 5.65 Å². The Morgan fingerprint density at radius 1 is 1.05 bits per heavy atom. The van der Waals surface area contributed by atoms with Crippen molar-refractivity contribution in [1.82, 2.24) is 9.38 Å². The molecule has 1 aliphatic rings. The van der Waals surface area contributed by atoms with Crippen LogP contribution >= 0.6 is 0 Å². The van der Waals surface area contributed by atoms with Crippen molar-refractivity contribution < 1.29 is 0 Å². The number of hydrogen-bond acceptors (Lipinski definition) is 2. The number of aromatic nitrogens is 2. The number of aryl methyl sites for hydroxylation is 4. The lowest BCUT2D eigenvalue weighted by Gasteiger charge is -2.16. The van der Waals surface area contributed by atoms with E-state index in [1.807, 2.05) is 12.3 Å². The van der Waals surface area contributed by atoms with Gasteiger partial charge >= 0.3 is 0 Å². The summed E-state index contributed by atoms with van der Waals surface area (Å²) in [7, 11) is 0. The second-order valence-corrected chi connectivity index (χ2v) is 6.39. The molecular weight excluding hydrogens is 270 g/mol. The number of nitrogen functional groups attached to an aromatic ring is 1. The molecule has 0 spiro atoms. The zero-order chi connectivity index (χ0) is 15.3. The highest BCUT2D eigenvalue weighted by atomic mass is 15.0. The lowest BCUT2D eigenvalue weighted by molar-refractivity contribution is 0.686. The van der Waals surface area contributed by atoms with Crippen LogP contribution in [0.4, 0.5) is 5.69 Å². The predicted molar refractivity (Wildman–Crippen MR) is 91.2 cm³/mol. The number of pyridine rings is 1. The molecule has 3 heteroatoms. The summed E-state index contributed by atoms with van der Waals surface area (Å²) in [5, 5.41) is 0. The minimum atomic E-state index is 0.780. The van der Waals surface area contributed by atoms with Crippen molar-refractivity contribution in [3.8, 4) is 11.3 Å². The Morgan fingerprint density at radius 2 is 1.82 bits per heavy atom.